The van der Waals surface area contributed by atoms with Gasteiger partial charge < -0.3 is 12.4 Å². The maximum atomic E-state index is 3.35. The fraction of sp³-hybridized carbons (Fsp3) is 1.00. The number of hydrogen-bond donors (Lipinski definition) is 0. The molecular formula is C4H11BrClP. The first kappa shape index (κ1) is 11.1. The quantitative estimate of drug-likeness (QED) is 0.308. The molecule has 0 N–H and O–H groups in total. The van der Waals surface area contributed by atoms with Gasteiger partial charge >= 0.3 is 0 Å². The molecule has 3 heteroatoms. The lowest BCUT2D eigenvalue weighted by Gasteiger charge is -1.81. The predicted octanol–water partition coefficient (Wildman–Crippen LogP) is -1.23. The van der Waals surface area contributed by atoms with Crippen LogP contribution in [-0.4, -0.2) is 11.5 Å². The minimum Gasteiger partial charge on any atom is -1.00 e. The van der Waals surface area contributed by atoms with Crippen LogP contribution in [0.1, 0.15) is 12.8 Å². The van der Waals surface area contributed by atoms with E-state index in [0.29, 0.717) is 0 Å². The summed E-state index contributed by atoms with van der Waals surface area (Å²) in [7, 11) is 2.05. The molecule has 0 bridgehead atoms. The Kier molecular flexibility index (Phi) is 16.2. The van der Waals surface area contributed by atoms with Crippen LogP contribution in [0, 0.1) is 0 Å². The van der Waals surface area contributed by atoms with Crippen LogP contribution in [0.3, 0.4) is 0 Å². The molecule has 0 aromatic heterocycles. The third-order valence-electron chi connectivity index (χ3n) is 0.634. The third-order valence-corrected chi connectivity index (χ3v) is 1.69. The van der Waals surface area contributed by atoms with Crippen molar-refractivity contribution in [2.75, 3.05) is 11.5 Å². The lowest BCUT2D eigenvalue weighted by atomic mass is 10.4. The first-order valence-corrected chi connectivity index (χ1v) is 4.39. The van der Waals surface area contributed by atoms with Crippen LogP contribution < -0.4 is 12.4 Å². The van der Waals surface area contributed by atoms with Gasteiger partial charge in [-0.25, -0.2) is 0 Å². The van der Waals surface area contributed by atoms with E-state index < -0.39 is 0 Å². The standard InChI is InChI=1S/C4H10BrP.ClH/c5-3-1-2-4-6;/h1-4,6H2;1H. The molecule has 46 valence electrons. The highest BCUT2D eigenvalue weighted by Gasteiger charge is 1.79. The van der Waals surface area contributed by atoms with E-state index >= 15 is 0 Å². The van der Waals surface area contributed by atoms with Crippen LogP contribution in [-0.2, 0) is 0 Å². The van der Waals surface area contributed by atoms with Crippen LogP contribution in [0.5, 0.6) is 0 Å². The Labute approximate surface area is 62.2 Å². The molecule has 0 spiro atoms. The first-order valence-electron chi connectivity index (χ1n) is 2.27. The number of unbranched alkanes of at least 4 members (excludes halogenated alkanes) is 1. The summed E-state index contributed by atoms with van der Waals surface area (Å²) in [6.45, 7) is 0. The molecule has 0 saturated heterocycles. The van der Waals surface area contributed by atoms with Crippen molar-refractivity contribution in [3.8, 4) is 0 Å². The molecule has 0 aromatic rings. The van der Waals surface area contributed by atoms with Gasteiger partial charge in [-0.05, 0) is 22.1 Å². The summed E-state index contributed by atoms with van der Waals surface area (Å²) in [6.07, 6.45) is 4.07. The molecule has 0 rings (SSSR count). The molecule has 0 aliphatic heterocycles. The van der Waals surface area contributed by atoms with Gasteiger partial charge in [0.1, 0.15) is 0 Å². The average molecular weight is 205 g/mol. The summed E-state index contributed by atoms with van der Waals surface area (Å²) in [5.41, 5.74) is 0. The number of hydrogen-bond acceptors (Lipinski definition) is 0. The third kappa shape index (κ3) is 11.0. The molecule has 1 unspecified atom stereocenters. The SMILES string of the molecule is [Cl-].[PH3+]CCCCBr. The van der Waals surface area contributed by atoms with Gasteiger partial charge in [0.15, 0.2) is 0 Å². The van der Waals surface area contributed by atoms with E-state index in [4.69, 9.17) is 0 Å². The average Bonchev–Trinajstić information content (AvgIpc) is 1.61. The zero-order valence-electron chi connectivity index (χ0n) is 4.29. The Morgan fingerprint density at radius 1 is 1.29 bits per heavy atom. The lowest BCUT2D eigenvalue weighted by Crippen LogP contribution is -3.00. The lowest BCUT2D eigenvalue weighted by molar-refractivity contribution is -0.00000112. The molecule has 0 amide bonds. The second kappa shape index (κ2) is 10.2. The highest BCUT2D eigenvalue weighted by Crippen LogP contribution is 1.95. The van der Waals surface area contributed by atoms with E-state index in [0.717, 1.165) is 0 Å². The Hall–Kier alpha value is 1.20. The summed E-state index contributed by atoms with van der Waals surface area (Å²) in [5.74, 6) is 0. The maximum Gasteiger partial charge on any atom is 0.0527 e. The topological polar surface area (TPSA) is 0 Å². The van der Waals surface area contributed by atoms with E-state index in [1.165, 1.54) is 24.3 Å². The Balaban J connectivity index is 0. The van der Waals surface area contributed by atoms with Crippen molar-refractivity contribution in [3.63, 3.8) is 0 Å². The van der Waals surface area contributed by atoms with Gasteiger partial charge in [-0.15, -0.1) is 0 Å². The van der Waals surface area contributed by atoms with E-state index in [9.17, 15) is 0 Å². The first-order chi connectivity index (χ1) is 2.91. The summed E-state index contributed by atoms with van der Waals surface area (Å²) in [4.78, 5) is 0. The van der Waals surface area contributed by atoms with E-state index in [-0.39, 0.29) is 12.4 Å². The van der Waals surface area contributed by atoms with Crippen molar-refractivity contribution in [3.05, 3.63) is 0 Å². The highest BCUT2D eigenvalue weighted by molar-refractivity contribution is 9.09. The van der Waals surface area contributed by atoms with Crippen LogP contribution in [0.15, 0.2) is 0 Å². The highest BCUT2D eigenvalue weighted by atomic mass is 79.9. The molecular weight excluding hydrogens is 194 g/mol. The van der Waals surface area contributed by atoms with Crippen LogP contribution in [0.2, 0.25) is 0 Å². The van der Waals surface area contributed by atoms with Gasteiger partial charge in [-0.1, -0.05) is 15.9 Å². The summed E-state index contributed by atoms with van der Waals surface area (Å²) < 4.78 is 0. The second-order valence-electron chi connectivity index (χ2n) is 1.25. The monoisotopic (exact) mass is 204 g/mol. The van der Waals surface area contributed by atoms with Gasteiger partial charge in [-0.2, -0.15) is 0 Å². The molecule has 1 atom stereocenters. The molecule has 0 aromatic carbocycles. The minimum atomic E-state index is 0. The van der Waals surface area contributed by atoms with Crippen molar-refractivity contribution in [1.82, 2.24) is 0 Å². The summed E-state index contributed by atoms with van der Waals surface area (Å²) >= 11 is 3.35. The van der Waals surface area contributed by atoms with E-state index in [1.807, 2.05) is 9.24 Å². The van der Waals surface area contributed by atoms with Gasteiger partial charge in [0.05, 0.1) is 6.16 Å². The maximum absolute atomic E-state index is 3.35. The van der Waals surface area contributed by atoms with Gasteiger partial charge in [0.25, 0.3) is 0 Å². The van der Waals surface area contributed by atoms with E-state index in [1.54, 1.807) is 0 Å². The zero-order chi connectivity index (χ0) is 4.83. The van der Waals surface area contributed by atoms with Gasteiger partial charge in [0.2, 0.25) is 0 Å². The molecule has 0 nitrogen and oxygen atoms in total. The Morgan fingerprint density at radius 3 is 2.00 bits per heavy atom. The van der Waals surface area contributed by atoms with Crippen LogP contribution >= 0.6 is 25.2 Å². The molecule has 0 fully saturated rings. The van der Waals surface area contributed by atoms with E-state index in [2.05, 4.69) is 15.9 Å². The molecule has 0 aliphatic carbocycles. The summed E-state index contributed by atoms with van der Waals surface area (Å²) in [5, 5.41) is 1.17. The Morgan fingerprint density at radius 2 is 1.86 bits per heavy atom. The number of halogens is 2. The Bertz CT molecular complexity index is 23.7. The minimum absolute atomic E-state index is 0. The van der Waals surface area contributed by atoms with Crippen LogP contribution in [0.4, 0.5) is 0 Å². The fourth-order valence-corrected chi connectivity index (χ4v) is 1.02. The molecule has 0 heterocycles. The van der Waals surface area contributed by atoms with Crippen molar-refractivity contribution in [2.45, 2.75) is 12.8 Å². The van der Waals surface area contributed by atoms with Gasteiger partial charge in [-0.3, -0.25) is 0 Å². The van der Waals surface area contributed by atoms with Crippen molar-refractivity contribution >= 4 is 25.2 Å². The smallest absolute Gasteiger partial charge is 0.0527 e. The molecule has 0 saturated carbocycles. The molecule has 0 aliphatic rings. The number of alkyl halides is 1. The van der Waals surface area contributed by atoms with Crippen LogP contribution in [0.25, 0.3) is 0 Å². The molecule has 0 radical (unpaired) electrons. The largest absolute Gasteiger partial charge is 1.00 e. The summed E-state index contributed by atoms with van der Waals surface area (Å²) in [6, 6.07) is 0. The normalized spacial score (nSPS) is 8.14. The van der Waals surface area contributed by atoms with Gasteiger partial charge in [0, 0.05) is 5.33 Å². The molecule has 7 heavy (non-hydrogen) atoms. The van der Waals surface area contributed by atoms with Crippen molar-refractivity contribution in [2.24, 2.45) is 0 Å². The van der Waals surface area contributed by atoms with Crippen molar-refractivity contribution in [1.29, 1.82) is 0 Å². The predicted molar refractivity (Wildman–Crippen MR) is 39.0 cm³/mol. The number of rotatable bonds is 3. The fourth-order valence-electron chi connectivity index (χ4n) is 0.271. The second-order valence-corrected chi connectivity index (χ2v) is 2.75. The van der Waals surface area contributed by atoms with Crippen molar-refractivity contribution < 1.29 is 12.4 Å². The zero-order valence-corrected chi connectivity index (χ0v) is 8.05.